The van der Waals surface area contributed by atoms with E-state index < -0.39 is 11.9 Å². The van der Waals surface area contributed by atoms with E-state index in [4.69, 9.17) is 10.2 Å². The standard InChI is InChI=1S/C9H7NO4/c11-8(12)2-1-6-3-4-10-7(5-6)9(13)14/h1-5H,(H,11,12)(H,13,14). The number of hydrogen-bond acceptors (Lipinski definition) is 3. The molecule has 5 nitrogen and oxygen atoms in total. The second-order valence-electron chi connectivity index (χ2n) is 2.45. The third kappa shape index (κ3) is 2.71. The lowest BCUT2D eigenvalue weighted by molar-refractivity contribution is -0.131. The van der Waals surface area contributed by atoms with Gasteiger partial charge in [-0.1, -0.05) is 0 Å². The summed E-state index contributed by atoms with van der Waals surface area (Å²) in [6, 6.07) is 2.81. The largest absolute Gasteiger partial charge is 0.478 e. The molecule has 2 N–H and O–H groups in total. The molecule has 0 amide bonds. The maximum absolute atomic E-state index is 10.5. The van der Waals surface area contributed by atoms with Gasteiger partial charge in [0.25, 0.3) is 0 Å². The highest BCUT2D eigenvalue weighted by Gasteiger charge is 2.03. The zero-order valence-corrected chi connectivity index (χ0v) is 7.04. The van der Waals surface area contributed by atoms with Gasteiger partial charge in [0, 0.05) is 12.3 Å². The fourth-order valence-corrected chi connectivity index (χ4v) is 0.835. The Kier molecular flexibility index (Phi) is 2.96. The number of nitrogens with zero attached hydrogens (tertiary/aromatic N) is 1. The van der Waals surface area contributed by atoms with Crippen LogP contribution < -0.4 is 0 Å². The number of aromatic carboxylic acids is 1. The van der Waals surface area contributed by atoms with Crippen molar-refractivity contribution in [2.45, 2.75) is 0 Å². The number of aliphatic carboxylic acids is 1. The summed E-state index contributed by atoms with van der Waals surface area (Å²) in [5.41, 5.74) is 0.373. The first-order chi connectivity index (χ1) is 6.59. The van der Waals surface area contributed by atoms with Crippen molar-refractivity contribution < 1.29 is 19.8 Å². The molecule has 0 bridgehead atoms. The SMILES string of the molecule is O=C(O)C=Cc1ccnc(C(=O)O)c1. The first kappa shape index (κ1) is 9.91. The minimum Gasteiger partial charge on any atom is -0.478 e. The van der Waals surface area contributed by atoms with Gasteiger partial charge in [-0.2, -0.15) is 0 Å². The molecule has 0 fully saturated rings. The van der Waals surface area contributed by atoms with Crippen molar-refractivity contribution in [3.63, 3.8) is 0 Å². The predicted octanol–water partition coefficient (Wildman–Crippen LogP) is 0.878. The Morgan fingerprint density at radius 1 is 1.36 bits per heavy atom. The molecule has 0 spiro atoms. The Morgan fingerprint density at radius 3 is 2.64 bits per heavy atom. The number of aromatic nitrogens is 1. The zero-order chi connectivity index (χ0) is 10.6. The minimum absolute atomic E-state index is 0.113. The molecule has 1 heterocycles. The van der Waals surface area contributed by atoms with Crippen LogP contribution in [0.25, 0.3) is 6.08 Å². The van der Waals surface area contributed by atoms with Gasteiger partial charge in [0.1, 0.15) is 5.69 Å². The fourth-order valence-electron chi connectivity index (χ4n) is 0.835. The molecule has 1 aromatic heterocycles. The maximum Gasteiger partial charge on any atom is 0.354 e. The van der Waals surface area contributed by atoms with Crippen molar-refractivity contribution in [2.75, 3.05) is 0 Å². The van der Waals surface area contributed by atoms with Crippen LogP contribution in [-0.2, 0) is 4.79 Å². The van der Waals surface area contributed by atoms with Crippen molar-refractivity contribution in [3.05, 3.63) is 35.7 Å². The summed E-state index contributed by atoms with van der Waals surface area (Å²) >= 11 is 0. The lowest BCUT2D eigenvalue weighted by Gasteiger charge is -1.94. The Labute approximate surface area is 79.3 Å². The highest BCUT2D eigenvalue weighted by Crippen LogP contribution is 2.03. The molecule has 0 aromatic carbocycles. The third-order valence-corrected chi connectivity index (χ3v) is 1.42. The molecular formula is C9H7NO4. The van der Waals surface area contributed by atoms with Gasteiger partial charge in [-0.05, 0) is 23.8 Å². The van der Waals surface area contributed by atoms with E-state index in [1.807, 2.05) is 0 Å². The fraction of sp³-hybridized carbons (Fsp3) is 0. The maximum atomic E-state index is 10.5. The quantitative estimate of drug-likeness (QED) is 0.695. The molecule has 0 atom stereocenters. The van der Waals surface area contributed by atoms with Crippen LogP contribution >= 0.6 is 0 Å². The number of pyridine rings is 1. The summed E-state index contributed by atoms with van der Waals surface area (Å²) in [7, 11) is 0. The average Bonchev–Trinajstić information content (AvgIpc) is 2.15. The van der Waals surface area contributed by atoms with Gasteiger partial charge in [0.2, 0.25) is 0 Å². The molecule has 1 rings (SSSR count). The number of rotatable bonds is 3. The summed E-state index contributed by atoms with van der Waals surface area (Å²) in [5.74, 6) is -2.23. The predicted molar refractivity (Wildman–Crippen MR) is 47.9 cm³/mol. The van der Waals surface area contributed by atoms with Crippen LogP contribution in [0.1, 0.15) is 16.1 Å². The van der Waals surface area contributed by atoms with Crippen molar-refractivity contribution >= 4 is 18.0 Å². The van der Waals surface area contributed by atoms with Gasteiger partial charge in [0.15, 0.2) is 0 Å². The minimum atomic E-state index is -1.14. The summed E-state index contributed by atoms with van der Waals surface area (Å²) < 4.78 is 0. The first-order valence-corrected chi connectivity index (χ1v) is 3.70. The van der Waals surface area contributed by atoms with E-state index in [1.165, 1.54) is 24.4 Å². The van der Waals surface area contributed by atoms with E-state index >= 15 is 0 Å². The van der Waals surface area contributed by atoms with Crippen LogP contribution in [0.3, 0.4) is 0 Å². The van der Waals surface area contributed by atoms with Gasteiger partial charge < -0.3 is 10.2 Å². The average molecular weight is 193 g/mol. The van der Waals surface area contributed by atoms with E-state index in [0.29, 0.717) is 5.56 Å². The molecule has 0 aliphatic rings. The highest BCUT2D eigenvalue weighted by molar-refractivity contribution is 5.88. The summed E-state index contributed by atoms with van der Waals surface area (Å²) in [6.45, 7) is 0. The molecule has 0 aliphatic carbocycles. The topological polar surface area (TPSA) is 87.5 Å². The highest BCUT2D eigenvalue weighted by atomic mass is 16.4. The van der Waals surface area contributed by atoms with Crippen molar-refractivity contribution in [3.8, 4) is 0 Å². The van der Waals surface area contributed by atoms with Gasteiger partial charge in [-0.25, -0.2) is 14.6 Å². The third-order valence-electron chi connectivity index (χ3n) is 1.42. The Morgan fingerprint density at radius 2 is 2.07 bits per heavy atom. The first-order valence-electron chi connectivity index (χ1n) is 3.70. The Balaban J connectivity index is 2.94. The van der Waals surface area contributed by atoms with Crippen molar-refractivity contribution in [1.29, 1.82) is 0 Å². The number of carboxylic acid groups (broad SMARTS) is 2. The number of carboxylic acids is 2. The smallest absolute Gasteiger partial charge is 0.354 e. The molecule has 1 aromatic rings. The lowest BCUT2D eigenvalue weighted by atomic mass is 10.2. The summed E-state index contributed by atoms with van der Waals surface area (Å²) in [6.07, 6.45) is 3.54. The monoisotopic (exact) mass is 193 g/mol. The molecule has 0 aliphatic heterocycles. The van der Waals surface area contributed by atoms with Gasteiger partial charge in [-0.3, -0.25) is 0 Å². The van der Waals surface area contributed by atoms with Gasteiger partial charge in [-0.15, -0.1) is 0 Å². The van der Waals surface area contributed by atoms with Crippen LogP contribution in [-0.4, -0.2) is 27.1 Å². The van der Waals surface area contributed by atoms with E-state index in [1.54, 1.807) is 0 Å². The molecule has 0 radical (unpaired) electrons. The number of carbonyl (C=O) groups is 2. The normalized spacial score (nSPS) is 10.3. The van der Waals surface area contributed by atoms with E-state index in [-0.39, 0.29) is 5.69 Å². The second-order valence-corrected chi connectivity index (χ2v) is 2.45. The molecule has 72 valence electrons. The van der Waals surface area contributed by atoms with Crippen molar-refractivity contribution in [2.24, 2.45) is 0 Å². The van der Waals surface area contributed by atoms with Crippen LogP contribution in [0.15, 0.2) is 24.4 Å². The van der Waals surface area contributed by atoms with Crippen LogP contribution in [0, 0.1) is 0 Å². The van der Waals surface area contributed by atoms with E-state index in [2.05, 4.69) is 4.98 Å². The lowest BCUT2D eigenvalue weighted by Crippen LogP contribution is -1.99. The van der Waals surface area contributed by atoms with E-state index in [0.717, 1.165) is 6.08 Å². The molecule has 14 heavy (non-hydrogen) atoms. The Hall–Kier alpha value is -2.17. The van der Waals surface area contributed by atoms with Crippen LogP contribution in [0.4, 0.5) is 0 Å². The second kappa shape index (κ2) is 4.18. The van der Waals surface area contributed by atoms with Crippen LogP contribution in [0.5, 0.6) is 0 Å². The molecule has 0 saturated carbocycles. The van der Waals surface area contributed by atoms with Crippen molar-refractivity contribution in [1.82, 2.24) is 4.98 Å². The molecule has 5 heteroatoms. The summed E-state index contributed by atoms with van der Waals surface area (Å²) in [4.78, 5) is 24.2. The number of hydrogen-bond donors (Lipinski definition) is 2. The summed E-state index contributed by atoms with van der Waals surface area (Å²) in [5, 5.41) is 16.9. The molecular weight excluding hydrogens is 186 g/mol. The van der Waals surface area contributed by atoms with Gasteiger partial charge >= 0.3 is 11.9 Å². The van der Waals surface area contributed by atoms with Crippen LogP contribution in [0.2, 0.25) is 0 Å². The molecule has 0 unspecified atom stereocenters. The van der Waals surface area contributed by atoms with E-state index in [9.17, 15) is 9.59 Å². The Bertz CT molecular complexity index is 398. The van der Waals surface area contributed by atoms with Gasteiger partial charge in [0.05, 0.1) is 0 Å². The zero-order valence-electron chi connectivity index (χ0n) is 7.04. The molecule has 0 saturated heterocycles.